The third kappa shape index (κ3) is 4.30. The Bertz CT molecular complexity index is 721. The molecule has 0 radical (unpaired) electrons. The van der Waals surface area contributed by atoms with Gasteiger partial charge in [-0.2, -0.15) is 0 Å². The zero-order valence-electron chi connectivity index (χ0n) is 15.2. The summed E-state index contributed by atoms with van der Waals surface area (Å²) in [6, 6.07) is 8.62. The molecule has 0 saturated carbocycles. The highest BCUT2D eigenvalue weighted by molar-refractivity contribution is 14.0. The molecule has 25 heavy (non-hydrogen) atoms. The molecule has 3 rings (SSSR count). The first kappa shape index (κ1) is 20.5. The van der Waals surface area contributed by atoms with Gasteiger partial charge in [-0.3, -0.25) is 4.99 Å². The number of nitrogens with one attached hydrogen (secondary N) is 1. The van der Waals surface area contributed by atoms with Gasteiger partial charge in [-0.05, 0) is 43.7 Å². The quantitative estimate of drug-likeness (QED) is 0.403. The first-order valence-electron chi connectivity index (χ1n) is 8.57. The fourth-order valence-electron chi connectivity index (χ4n) is 3.69. The molecule has 1 N–H and O–H groups in total. The van der Waals surface area contributed by atoms with Crippen molar-refractivity contribution in [2.24, 2.45) is 10.9 Å². The lowest BCUT2D eigenvalue weighted by Gasteiger charge is -2.39. The van der Waals surface area contributed by atoms with E-state index in [1.54, 1.807) is 20.9 Å². The van der Waals surface area contributed by atoms with Crippen molar-refractivity contribution in [2.45, 2.75) is 31.4 Å². The number of halogens is 1. The highest BCUT2D eigenvalue weighted by Crippen LogP contribution is 2.26. The van der Waals surface area contributed by atoms with E-state index in [1.165, 1.54) is 11.1 Å². The number of rotatable bonds is 2. The van der Waals surface area contributed by atoms with Crippen LogP contribution in [0, 0.1) is 5.92 Å². The van der Waals surface area contributed by atoms with E-state index in [2.05, 4.69) is 39.5 Å². The van der Waals surface area contributed by atoms with E-state index in [1.807, 2.05) is 0 Å². The van der Waals surface area contributed by atoms with Gasteiger partial charge in [0.15, 0.2) is 15.8 Å². The number of hydrogen-bond acceptors (Lipinski definition) is 3. The van der Waals surface area contributed by atoms with Crippen molar-refractivity contribution in [2.75, 3.05) is 32.4 Å². The Morgan fingerprint density at radius 3 is 2.40 bits per heavy atom. The summed E-state index contributed by atoms with van der Waals surface area (Å²) in [7, 11) is -1.26. The number of sulfone groups is 1. The van der Waals surface area contributed by atoms with Crippen molar-refractivity contribution in [3.8, 4) is 0 Å². The smallest absolute Gasteiger partial charge is 0.193 e. The van der Waals surface area contributed by atoms with E-state index in [9.17, 15) is 8.42 Å². The largest absolute Gasteiger partial charge is 0.356 e. The Labute approximate surface area is 168 Å². The summed E-state index contributed by atoms with van der Waals surface area (Å²) in [5.74, 6) is 1.57. The van der Waals surface area contributed by atoms with Crippen LogP contribution < -0.4 is 5.32 Å². The first-order chi connectivity index (χ1) is 11.3. The minimum Gasteiger partial charge on any atom is -0.356 e. The van der Waals surface area contributed by atoms with E-state index in [-0.39, 0.29) is 29.7 Å². The predicted molar refractivity (Wildman–Crippen MR) is 114 cm³/mol. The molecule has 7 heteroatoms. The maximum Gasteiger partial charge on any atom is 0.193 e. The molecule has 0 spiro atoms. The van der Waals surface area contributed by atoms with Gasteiger partial charge in [-0.1, -0.05) is 24.3 Å². The third-order valence-electron chi connectivity index (χ3n) is 5.24. The van der Waals surface area contributed by atoms with Gasteiger partial charge < -0.3 is 10.2 Å². The zero-order chi connectivity index (χ0) is 17.4. The van der Waals surface area contributed by atoms with Gasteiger partial charge in [-0.25, -0.2) is 8.42 Å². The fraction of sp³-hybridized carbons (Fsp3) is 0.611. The molecule has 140 valence electrons. The van der Waals surface area contributed by atoms with Crippen molar-refractivity contribution in [3.63, 3.8) is 0 Å². The fourth-order valence-corrected chi connectivity index (χ4v) is 5.05. The number of guanidine groups is 1. The Morgan fingerprint density at radius 2 is 1.88 bits per heavy atom. The summed E-state index contributed by atoms with van der Waals surface area (Å²) < 4.78 is 23.6. The van der Waals surface area contributed by atoms with Crippen LogP contribution in [0.15, 0.2) is 29.3 Å². The second-order valence-electron chi connectivity index (χ2n) is 7.47. The SMILES string of the molecule is CN=C(NCC1Cc2ccccc2C1)N1CCS(=O)(=O)C(C)(C)C1.I. The van der Waals surface area contributed by atoms with E-state index >= 15 is 0 Å². The summed E-state index contributed by atoms with van der Waals surface area (Å²) in [6.07, 6.45) is 2.19. The second kappa shape index (κ2) is 7.82. The van der Waals surface area contributed by atoms with Crippen LogP contribution in [0.4, 0.5) is 0 Å². The lowest BCUT2D eigenvalue weighted by molar-refractivity contribution is 0.350. The summed E-state index contributed by atoms with van der Waals surface area (Å²) in [4.78, 5) is 6.44. The topological polar surface area (TPSA) is 61.8 Å². The number of hydrogen-bond donors (Lipinski definition) is 1. The molecule has 1 heterocycles. The Kier molecular flexibility index (Phi) is 6.40. The minimum atomic E-state index is -3.03. The molecule has 1 saturated heterocycles. The Balaban J connectivity index is 0.00000225. The molecule has 0 bridgehead atoms. The van der Waals surface area contributed by atoms with Gasteiger partial charge >= 0.3 is 0 Å². The Hall–Kier alpha value is -0.830. The number of aliphatic imine (C=N–C) groups is 1. The summed E-state index contributed by atoms with van der Waals surface area (Å²) in [6.45, 7) is 5.46. The number of nitrogens with zero attached hydrogens (tertiary/aromatic N) is 2. The highest BCUT2D eigenvalue weighted by Gasteiger charge is 2.41. The maximum atomic E-state index is 12.2. The van der Waals surface area contributed by atoms with Crippen LogP contribution in [0.2, 0.25) is 0 Å². The van der Waals surface area contributed by atoms with Crippen molar-refractivity contribution in [1.29, 1.82) is 0 Å². The molecule has 1 aromatic rings. The van der Waals surface area contributed by atoms with Crippen molar-refractivity contribution in [1.82, 2.24) is 10.2 Å². The van der Waals surface area contributed by atoms with E-state index in [0.717, 1.165) is 25.3 Å². The molecule has 0 atom stereocenters. The van der Waals surface area contributed by atoms with Crippen molar-refractivity contribution in [3.05, 3.63) is 35.4 Å². The monoisotopic (exact) mass is 477 g/mol. The average Bonchev–Trinajstić information content (AvgIpc) is 2.94. The zero-order valence-corrected chi connectivity index (χ0v) is 18.3. The summed E-state index contributed by atoms with van der Waals surface area (Å²) in [5, 5.41) is 3.46. The first-order valence-corrected chi connectivity index (χ1v) is 10.2. The second-order valence-corrected chi connectivity index (χ2v) is 10.2. The van der Waals surface area contributed by atoms with Gasteiger partial charge in [0, 0.05) is 26.7 Å². The third-order valence-corrected chi connectivity index (χ3v) is 7.77. The van der Waals surface area contributed by atoms with Gasteiger partial charge in [0.25, 0.3) is 0 Å². The standard InChI is InChI=1S/C18H27N3O2S.HI/c1-18(2)13-21(8-9-24(18,22)23)17(19-3)20-12-14-10-15-6-4-5-7-16(15)11-14;/h4-7,14H,8-13H2,1-3H3,(H,19,20);1H. The lowest BCUT2D eigenvalue weighted by atomic mass is 10.1. The van der Waals surface area contributed by atoms with Crippen LogP contribution in [-0.2, 0) is 22.7 Å². The molecule has 0 aromatic heterocycles. The molecular weight excluding hydrogens is 449 g/mol. The molecular formula is C18H28IN3O2S. The molecule has 2 aliphatic rings. The number of benzene rings is 1. The highest BCUT2D eigenvalue weighted by atomic mass is 127. The molecule has 0 amide bonds. The van der Waals surface area contributed by atoms with Crippen LogP contribution >= 0.6 is 24.0 Å². The van der Waals surface area contributed by atoms with E-state index < -0.39 is 14.6 Å². The van der Waals surface area contributed by atoms with Gasteiger partial charge in [-0.15, -0.1) is 24.0 Å². The van der Waals surface area contributed by atoms with Crippen LogP contribution in [0.3, 0.4) is 0 Å². The van der Waals surface area contributed by atoms with Crippen LogP contribution in [-0.4, -0.2) is 56.5 Å². The van der Waals surface area contributed by atoms with E-state index in [0.29, 0.717) is 19.0 Å². The van der Waals surface area contributed by atoms with Gasteiger partial charge in [0.05, 0.1) is 10.5 Å². The normalized spacial score (nSPS) is 22.2. The summed E-state index contributed by atoms with van der Waals surface area (Å²) in [5.41, 5.74) is 2.90. The number of fused-ring (bicyclic) bond motifs is 1. The van der Waals surface area contributed by atoms with Crippen molar-refractivity contribution >= 4 is 39.8 Å². The molecule has 5 nitrogen and oxygen atoms in total. The molecule has 0 unspecified atom stereocenters. The van der Waals surface area contributed by atoms with Crippen LogP contribution in [0.1, 0.15) is 25.0 Å². The minimum absolute atomic E-state index is 0. The van der Waals surface area contributed by atoms with Crippen LogP contribution in [0.5, 0.6) is 0 Å². The molecule has 1 aromatic carbocycles. The molecule has 1 aliphatic carbocycles. The van der Waals surface area contributed by atoms with Crippen molar-refractivity contribution < 1.29 is 8.42 Å². The Morgan fingerprint density at radius 1 is 1.28 bits per heavy atom. The predicted octanol–water partition coefficient (Wildman–Crippen LogP) is 2.10. The maximum absolute atomic E-state index is 12.2. The average molecular weight is 477 g/mol. The van der Waals surface area contributed by atoms with Gasteiger partial charge in [0.1, 0.15) is 0 Å². The summed E-state index contributed by atoms with van der Waals surface area (Å²) >= 11 is 0. The molecule has 1 aliphatic heterocycles. The molecule has 1 fully saturated rings. The van der Waals surface area contributed by atoms with Gasteiger partial charge in [0.2, 0.25) is 0 Å². The van der Waals surface area contributed by atoms with Crippen LogP contribution in [0.25, 0.3) is 0 Å². The van der Waals surface area contributed by atoms with E-state index in [4.69, 9.17) is 0 Å². The lowest BCUT2D eigenvalue weighted by Crippen LogP contribution is -2.57.